The molecule has 3 amide bonds. The van der Waals surface area contributed by atoms with E-state index < -0.39 is 6.04 Å². The van der Waals surface area contributed by atoms with Crippen LogP contribution in [0.2, 0.25) is 0 Å². The summed E-state index contributed by atoms with van der Waals surface area (Å²) in [6, 6.07) is 14.2. The number of carbonyl (C=O) groups is 3. The van der Waals surface area contributed by atoms with Crippen molar-refractivity contribution in [1.29, 1.82) is 0 Å². The fourth-order valence-corrected chi connectivity index (χ4v) is 7.67. The Morgan fingerprint density at radius 2 is 1.62 bits per heavy atom. The van der Waals surface area contributed by atoms with Crippen molar-refractivity contribution in [3.05, 3.63) is 64.7 Å². The highest BCUT2D eigenvalue weighted by atomic mass is 32.2. The van der Waals surface area contributed by atoms with Crippen LogP contribution in [0, 0.1) is 11.8 Å². The number of amides is 3. The average molecular weight is 518 g/mol. The molecule has 194 valence electrons. The maximum atomic E-state index is 13.1. The first-order chi connectivity index (χ1) is 18.0. The molecule has 1 aliphatic carbocycles. The molecule has 37 heavy (non-hydrogen) atoms. The Morgan fingerprint density at radius 3 is 2.35 bits per heavy atom. The molecule has 0 radical (unpaired) electrons. The van der Waals surface area contributed by atoms with Crippen molar-refractivity contribution in [1.82, 2.24) is 15.1 Å². The number of nitrogens with one attached hydrogen (secondary N) is 1. The molecule has 6 rings (SSSR count). The van der Waals surface area contributed by atoms with Crippen molar-refractivity contribution >= 4 is 29.5 Å². The molecule has 6 nitrogen and oxygen atoms in total. The molecule has 1 unspecified atom stereocenters. The summed E-state index contributed by atoms with van der Waals surface area (Å²) >= 11 is 1.74. The molecule has 2 aromatic rings. The van der Waals surface area contributed by atoms with E-state index in [1.807, 2.05) is 12.1 Å². The lowest BCUT2D eigenvalue weighted by molar-refractivity contribution is -0.136. The summed E-state index contributed by atoms with van der Waals surface area (Å²) in [5, 5.41) is 2.38. The van der Waals surface area contributed by atoms with Gasteiger partial charge in [-0.3, -0.25) is 19.7 Å². The second-order valence-corrected chi connectivity index (χ2v) is 12.1. The van der Waals surface area contributed by atoms with E-state index in [4.69, 9.17) is 0 Å². The van der Waals surface area contributed by atoms with E-state index in [0.29, 0.717) is 18.5 Å². The van der Waals surface area contributed by atoms with Crippen LogP contribution in [0.3, 0.4) is 0 Å². The minimum absolute atomic E-state index is 0.117. The lowest BCUT2D eigenvalue weighted by atomic mass is 9.82. The summed E-state index contributed by atoms with van der Waals surface area (Å²) < 4.78 is 0. The van der Waals surface area contributed by atoms with E-state index in [1.165, 1.54) is 49.9 Å². The molecule has 3 fully saturated rings. The topological polar surface area (TPSA) is 69.7 Å². The first kappa shape index (κ1) is 24.7. The molecule has 2 saturated heterocycles. The van der Waals surface area contributed by atoms with Gasteiger partial charge in [0.05, 0.1) is 0 Å². The average Bonchev–Trinajstić information content (AvgIpc) is 3.48. The van der Waals surface area contributed by atoms with E-state index in [1.54, 1.807) is 16.7 Å². The zero-order valence-corrected chi connectivity index (χ0v) is 22.1. The smallest absolute Gasteiger partial charge is 0.255 e. The Balaban J connectivity index is 1.04. The molecule has 7 heteroatoms. The van der Waals surface area contributed by atoms with E-state index in [9.17, 15) is 14.4 Å². The second-order valence-electron chi connectivity index (χ2n) is 11.1. The summed E-state index contributed by atoms with van der Waals surface area (Å²) in [5.41, 5.74) is 4.33. The van der Waals surface area contributed by atoms with E-state index in [0.717, 1.165) is 41.0 Å². The maximum Gasteiger partial charge on any atom is 0.255 e. The van der Waals surface area contributed by atoms with Crippen LogP contribution in [0.25, 0.3) is 0 Å². The SMILES string of the molecule is O=C1CCC(N2Cc3c(SCc4ccc(CCN5C[C@H]6CCCC[C@H]6C5)cc4)cccc3C2=O)C(=O)N1. The van der Waals surface area contributed by atoms with Crippen LogP contribution in [0.15, 0.2) is 47.4 Å². The number of rotatable bonds is 7. The first-order valence-corrected chi connectivity index (χ1v) is 14.7. The van der Waals surface area contributed by atoms with Crippen LogP contribution in [0.1, 0.15) is 65.6 Å². The number of fused-ring (bicyclic) bond motifs is 2. The lowest BCUT2D eigenvalue weighted by Crippen LogP contribution is -2.52. The Hall–Kier alpha value is -2.64. The van der Waals surface area contributed by atoms with Crippen molar-refractivity contribution in [2.24, 2.45) is 11.8 Å². The molecule has 4 aliphatic rings. The molecule has 1 N–H and O–H groups in total. The largest absolute Gasteiger partial charge is 0.322 e. The monoisotopic (exact) mass is 517 g/mol. The number of hydrogen-bond donors (Lipinski definition) is 1. The Morgan fingerprint density at radius 1 is 0.892 bits per heavy atom. The first-order valence-electron chi connectivity index (χ1n) is 13.7. The summed E-state index contributed by atoms with van der Waals surface area (Å²) in [6.07, 6.45) is 7.48. The molecule has 0 aromatic heterocycles. The fraction of sp³-hybridized carbons (Fsp3) is 0.500. The van der Waals surface area contributed by atoms with Gasteiger partial charge < -0.3 is 9.80 Å². The molecular formula is C30H35N3O3S. The van der Waals surface area contributed by atoms with E-state index >= 15 is 0 Å². The predicted molar refractivity (Wildman–Crippen MR) is 144 cm³/mol. The van der Waals surface area contributed by atoms with Crippen LogP contribution in [0.4, 0.5) is 0 Å². The summed E-state index contributed by atoms with van der Waals surface area (Å²) in [6.45, 7) is 4.17. The number of hydrogen-bond acceptors (Lipinski definition) is 5. The van der Waals surface area contributed by atoms with Crippen LogP contribution < -0.4 is 5.32 Å². The zero-order valence-electron chi connectivity index (χ0n) is 21.3. The van der Waals surface area contributed by atoms with Gasteiger partial charge in [-0.25, -0.2) is 0 Å². The lowest BCUT2D eigenvalue weighted by Gasteiger charge is -2.29. The standard InChI is InChI=1S/C30H35N3O3S/c34-28-13-12-26(29(35)31-28)33-18-25-24(30(33)36)6-3-7-27(25)37-19-21-10-8-20(9-11-21)14-15-32-16-22-4-1-2-5-23(22)17-32/h3,6-11,22-23,26H,1-2,4-5,12-19H2,(H,31,34,35)/t22-,23+,26?. The highest BCUT2D eigenvalue weighted by Crippen LogP contribution is 2.37. The Bertz CT molecular complexity index is 1180. The molecule has 0 bridgehead atoms. The van der Waals surface area contributed by atoms with Crippen LogP contribution >= 0.6 is 11.8 Å². The minimum Gasteiger partial charge on any atom is -0.322 e. The highest BCUT2D eigenvalue weighted by molar-refractivity contribution is 7.98. The number of likely N-dealkylation sites (tertiary alicyclic amines) is 1. The van der Waals surface area contributed by atoms with Crippen molar-refractivity contribution in [2.75, 3.05) is 19.6 Å². The molecular weight excluding hydrogens is 482 g/mol. The van der Waals surface area contributed by atoms with Gasteiger partial charge >= 0.3 is 0 Å². The van der Waals surface area contributed by atoms with Crippen LogP contribution in [0.5, 0.6) is 0 Å². The number of thioether (sulfide) groups is 1. The van der Waals surface area contributed by atoms with E-state index in [-0.39, 0.29) is 24.1 Å². The van der Waals surface area contributed by atoms with Gasteiger partial charge in [0.15, 0.2) is 0 Å². The third-order valence-electron chi connectivity index (χ3n) is 8.73. The Labute approximate surface area is 223 Å². The summed E-state index contributed by atoms with van der Waals surface area (Å²) in [4.78, 5) is 42.3. The molecule has 3 atom stereocenters. The van der Waals surface area contributed by atoms with Crippen molar-refractivity contribution < 1.29 is 14.4 Å². The van der Waals surface area contributed by atoms with Gasteiger partial charge in [-0.15, -0.1) is 11.8 Å². The normalized spacial score (nSPS) is 25.8. The van der Waals surface area contributed by atoms with Crippen LogP contribution in [-0.2, 0) is 28.3 Å². The number of piperidine rings is 1. The van der Waals surface area contributed by atoms with Gasteiger partial charge in [0, 0.05) is 48.8 Å². The zero-order chi connectivity index (χ0) is 25.4. The number of nitrogens with zero attached hydrogens (tertiary/aromatic N) is 2. The van der Waals surface area contributed by atoms with Crippen molar-refractivity contribution in [2.45, 2.75) is 68.2 Å². The molecule has 2 aromatic carbocycles. The fourth-order valence-electron chi connectivity index (χ4n) is 6.63. The van der Waals surface area contributed by atoms with Crippen LogP contribution in [-0.4, -0.2) is 53.2 Å². The third kappa shape index (κ3) is 5.21. The predicted octanol–water partition coefficient (Wildman–Crippen LogP) is 4.40. The summed E-state index contributed by atoms with van der Waals surface area (Å²) in [7, 11) is 0. The maximum absolute atomic E-state index is 13.1. The third-order valence-corrected chi connectivity index (χ3v) is 9.90. The van der Waals surface area contributed by atoms with Gasteiger partial charge in [0.25, 0.3) is 5.91 Å². The molecule has 3 aliphatic heterocycles. The highest BCUT2D eigenvalue weighted by Gasteiger charge is 2.40. The van der Waals surface area contributed by atoms with Crippen molar-refractivity contribution in [3.63, 3.8) is 0 Å². The van der Waals surface area contributed by atoms with Gasteiger partial charge in [0.2, 0.25) is 11.8 Å². The second kappa shape index (κ2) is 10.6. The number of carbonyl (C=O) groups excluding carboxylic acids is 3. The van der Waals surface area contributed by atoms with Gasteiger partial charge in [-0.1, -0.05) is 43.2 Å². The van der Waals surface area contributed by atoms with Crippen molar-refractivity contribution in [3.8, 4) is 0 Å². The number of imide groups is 1. The number of benzene rings is 2. The van der Waals surface area contributed by atoms with Gasteiger partial charge in [-0.2, -0.15) is 0 Å². The minimum atomic E-state index is -0.576. The van der Waals surface area contributed by atoms with Gasteiger partial charge in [0.1, 0.15) is 6.04 Å². The molecule has 3 heterocycles. The Kier molecular flexibility index (Phi) is 7.08. The quantitative estimate of drug-likeness (QED) is 0.435. The van der Waals surface area contributed by atoms with E-state index in [2.05, 4.69) is 40.5 Å². The molecule has 0 spiro atoms. The molecule has 1 saturated carbocycles. The van der Waals surface area contributed by atoms with Gasteiger partial charge in [-0.05, 0) is 66.3 Å². The summed E-state index contributed by atoms with van der Waals surface area (Å²) in [5.74, 6) is 1.97.